The Morgan fingerprint density at radius 1 is 1.15 bits per heavy atom. The highest BCUT2D eigenvalue weighted by Crippen LogP contribution is 2.30. The van der Waals surface area contributed by atoms with Crippen molar-refractivity contribution >= 4 is 11.0 Å². The van der Waals surface area contributed by atoms with Gasteiger partial charge in [-0.05, 0) is 36.8 Å². The normalized spacial score (nSPS) is 12.2. The molecule has 1 unspecified atom stereocenters. The van der Waals surface area contributed by atoms with Crippen LogP contribution >= 0.6 is 0 Å². The van der Waals surface area contributed by atoms with E-state index in [1.165, 1.54) is 6.33 Å². The number of benzene rings is 2. The van der Waals surface area contributed by atoms with Crippen LogP contribution in [0.25, 0.3) is 27.8 Å². The largest absolute Gasteiger partial charge is 0.491 e. The number of aliphatic hydroxyl groups excluding tert-OH is 1. The van der Waals surface area contributed by atoms with Crippen molar-refractivity contribution in [3.8, 4) is 22.6 Å². The van der Waals surface area contributed by atoms with Crippen LogP contribution in [0.15, 0.2) is 71.9 Å². The first-order valence-electron chi connectivity index (χ1n) is 8.69. The Labute approximate surface area is 155 Å². The number of rotatable bonds is 5. The summed E-state index contributed by atoms with van der Waals surface area (Å²) < 4.78 is 7.42. The van der Waals surface area contributed by atoms with E-state index in [1.807, 2.05) is 65.4 Å². The topological polar surface area (TPSA) is 80.1 Å². The molecular formula is C21H19N3O3. The summed E-state index contributed by atoms with van der Waals surface area (Å²) in [4.78, 5) is 19.5. The molecular weight excluding hydrogens is 342 g/mol. The number of aromatic nitrogens is 3. The van der Waals surface area contributed by atoms with Crippen molar-refractivity contribution in [3.05, 3.63) is 77.5 Å². The molecule has 0 saturated carbocycles. The number of aromatic amines is 1. The zero-order valence-corrected chi connectivity index (χ0v) is 14.8. The number of fused-ring (bicyclic) bond motifs is 1. The molecule has 6 heteroatoms. The maximum atomic E-state index is 12.5. The van der Waals surface area contributed by atoms with Crippen molar-refractivity contribution in [2.75, 3.05) is 6.61 Å². The lowest BCUT2D eigenvalue weighted by molar-refractivity contribution is 0.123. The van der Waals surface area contributed by atoms with Crippen LogP contribution in [0.5, 0.6) is 5.75 Å². The Morgan fingerprint density at radius 2 is 1.89 bits per heavy atom. The molecule has 0 aliphatic heterocycles. The number of nitrogens with one attached hydrogen (secondary N) is 1. The van der Waals surface area contributed by atoms with Gasteiger partial charge in [-0.15, -0.1) is 0 Å². The van der Waals surface area contributed by atoms with E-state index >= 15 is 0 Å². The molecule has 4 aromatic rings. The van der Waals surface area contributed by atoms with Gasteiger partial charge in [-0.2, -0.15) is 0 Å². The van der Waals surface area contributed by atoms with Crippen LogP contribution in [0.2, 0.25) is 0 Å². The lowest BCUT2D eigenvalue weighted by Crippen LogP contribution is -2.12. The predicted octanol–water partition coefficient (Wildman–Crippen LogP) is 3.14. The molecule has 0 bridgehead atoms. The summed E-state index contributed by atoms with van der Waals surface area (Å²) in [6.45, 7) is 1.91. The van der Waals surface area contributed by atoms with Gasteiger partial charge in [-0.1, -0.05) is 30.3 Å². The van der Waals surface area contributed by atoms with Crippen molar-refractivity contribution < 1.29 is 9.84 Å². The van der Waals surface area contributed by atoms with E-state index in [2.05, 4.69) is 9.97 Å². The summed E-state index contributed by atoms with van der Waals surface area (Å²) in [7, 11) is 0. The van der Waals surface area contributed by atoms with E-state index in [-0.39, 0.29) is 12.2 Å². The van der Waals surface area contributed by atoms with Crippen LogP contribution in [0.1, 0.15) is 6.92 Å². The summed E-state index contributed by atoms with van der Waals surface area (Å²) in [6.07, 6.45) is 2.81. The maximum Gasteiger partial charge on any atom is 0.260 e. The zero-order valence-electron chi connectivity index (χ0n) is 14.8. The van der Waals surface area contributed by atoms with Crippen LogP contribution in [0.4, 0.5) is 0 Å². The second-order valence-corrected chi connectivity index (χ2v) is 6.36. The maximum absolute atomic E-state index is 12.5. The Bertz CT molecular complexity index is 1110. The van der Waals surface area contributed by atoms with Gasteiger partial charge in [-0.25, -0.2) is 4.98 Å². The van der Waals surface area contributed by atoms with E-state index in [4.69, 9.17) is 4.74 Å². The molecule has 1 atom stereocenters. The smallest absolute Gasteiger partial charge is 0.260 e. The minimum Gasteiger partial charge on any atom is -0.491 e. The zero-order chi connectivity index (χ0) is 18.8. The molecule has 2 heterocycles. The highest BCUT2D eigenvalue weighted by Gasteiger charge is 2.15. The van der Waals surface area contributed by atoms with Crippen molar-refractivity contribution in [1.29, 1.82) is 0 Å². The Hall–Kier alpha value is -3.38. The van der Waals surface area contributed by atoms with E-state index in [9.17, 15) is 9.90 Å². The number of nitrogens with zero attached hydrogens (tertiary/aromatic N) is 2. The summed E-state index contributed by atoms with van der Waals surface area (Å²) >= 11 is 0. The molecule has 0 spiro atoms. The average molecular weight is 361 g/mol. The van der Waals surface area contributed by atoms with Crippen LogP contribution < -0.4 is 10.3 Å². The van der Waals surface area contributed by atoms with Gasteiger partial charge < -0.3 is 19.4 Å². The third kappa shape index (κ3) is 3.35. The first kappa shape index (κ1) is 17.1. The second kappa shape index (κ2) is 7.09. The van der Waals surface area contributed by atoms with Crippen molar-refractivity contribution in [2.24, 2.45) is 0 Å². The minimum atomic E-state index is -0.529. The van der Waals surface area contributed by atoms with Gasteiger partial charge in [0.05, 0.1) is 17.8 Å². The monoisotopic (exact) mass is 361 g/mol. The molecule has 136 valence electrons. The average Bonchev–Trinajstić information content (AvgIpc) is 3.08. The highest BCUT2D eigenvalue weighted by atomic mass is 16.5. The van der Waals surface area contributed by atoms with Gasteiger partial charge in [0.25, 0.3) is 5.56 Å². The van der Waals surface area contributed by atoms with Crippen LogP contribution in [0, 0.1) is 0 Å². The van der Waals surface area contributed by atoms with E-state index in [0.717, 1.165) is 16.8 Å². The molecule has 0 aliphatic carbocycles. The highest BCUT2D eigenvalue weighted by molar-refractivity contribution is 5.94. The van der Waals surface area contributed by atoms with E-state index < -0.39 is 6.10 Å². The first-order chi connectivity index (χ1) is 13.1. The summed E-state index contributed by atoms with van der Waals surface area (Å²) in [6, 6.07) is 17.2. The van der Waals surface area contributed by atoms with Crippen LogP contribution in [0.3, 0.4) is 0 Å². The fraction of sp³-hybridized carbons (Fsp3) is 0.143. The number of para-hydroxylation sites is 1. The molecule has 4 rings (SSSR count). The van der Waals surface area contributed by atoms with Crippen molar-refractivity contribution in [2.45, 2.75) is 13.0 Å². The fourth-order valence-electron chi connectivity index (χ4n) is 3.02. The summed E-state index contributed by atoms with van der Waals surface area (Å²) in [5.41, 5.74) is 3.04. The molecule has 2 aromatic carbocycles. The minimum absolute atomic E-state index is 0.181. The molecule has 0 amide bonds. The molecule has 2 aromatic heterocycles. The lowest BCUT2D eigenvalue weighted by Gasteiger charge is -2.08. The van der Waals surface area contributed by atoms with Crippen molar-refractivity contribution in [1.82, 2.24) is 14.5 Å². The number of hydrogen-bond donors (Lipinski definition) is 2. The molecule has 0 aliphatic rings. The van der Waals surface area contributed by atoms with Gasteiger partial charge in [-0.3, -0.25) is 4.79 Å². The summed E-state index contributed by atoms with van der Waals surface area (Å²) in [5, 5.41) is 9.87. The van der Waals surface area contributed by atoms with Gasteiger partial charge in [0.2, 0.25) is 0 Å². The van der Waals surface area contributed by atoms with Gasteiger partial charge in [0.15, 0.2) is 5.65 Å². The molecule has 27 heavy (non-hydrogen) atoms. The predicted molar refractivity (Wildman–Crippen MR) is 104 cm³/mol. The van der Waals surface area contributed by atoms with E-state index in [1.54, 1.807) is 6.92 Å². The quantitative estimate of drug-likeness (QED) is 0.572. The van der Waals surface area contributed by atoms with Crippen molar-refractivity contribution in [3.63, 3.8) is 0 Å². The van der Waals surface area contributed by atoms with Crippen LogP contribution in [-0.4, -0.2) is 32.4 Å². The molecule has 6 nitrogen and oxygen atoms in total. The number of H-pyrrole nitrogens is 1. The third-order valence-corrected chi connectivity index (χ3v) is 4.28. The van der Waals surface area contributed by atoms with Crippen LogP contribution in [-0.2, 0) is 0 Å². The molecule has 0 saturated heterocycles. The third-order valence-electron chi connectivity index (χ3n) is 4.28. The summed E-state index contributed by atoms with van der Waals surface area (Å²) in [5.74, 6) is 0.665. The molecule has 2 N–H and O–H groups in total. The molecule has 0 radical (unpaired) electrons. The SMILES string of the molecule is CC(O)COc1ccc(-c2cn(-c3ccccc3)c3nc[nH]c(=O)c23)cc1. The molecule has 0 fully saturated rings. The Kier molecular flexibility index (Phi) is 4.48. The van der Waals surface area contributed by atoms with E-state index in [0.29, 0.717) is 16.8 Å². The Morgan fingerprint density at radius 3 is 2.59 bits per heavy atom. The van der Waals surface area contributed by atoms with Gasteiger partial charge in [0.1, 0.15) is 12.4 Å². The van der Waals surface area contributed by atoms with Gasteiger partial charge >= 0.3 is 0 Å². The Balaban J connectivity index is 1.81. The van der Waals surface area contributed by atoms with Gasteiger partial charge in [0, 0.05) is 17.4 Å². The number of ether oxygens (including phenoxy) is 1. The standard InChI is InChI=1S/C21H19N3O3/c1-14(25)12-27-17-9-7-15(8-10-17)18-11-24(16-5-3-2-4-6-16)20-19(18)21(26)23-13-22-20/h2-11,13-14,25H,12H2,1H3,(H,22,23,26). The second-order valence-electron chi connectivity index (χ2n) is 6.36. The number of aliphatic hydroxyl groups is 1. The number of hydrogen-bond acceptors (Lipinski definition) is 4. The lowest BCUT2D eigenvalue weighted by atomic mass is 10.1. The fourth-order valence-corrected chi connectivity index (χ4v) is 3.02. The first-order valence-corrected chi connectivity index (χ1v) is 8.69.